The van der Waals surface area contributed by atoms with Gasteiger partial charge in [0.05, 0.1) is 0 Å². The van der Waals surface area contributed by atoms with E-state index in [0.29, 0.717) is 43.9 Å². The molecule has 9 heteroatoms. The van der Waals surface area contributed by atoms with Crippen LogP contribution in [0.1, 0.15) is 25.3 Å². The molecular formula is C24H29N3O5S. The Balaban J connectivity index is 1.47. The lowest BCUT2D eigenvalue weighted by Gasteiger charge is -2.29. The largest absolute Gasteiger partial charge is 0.484 e. The first kappa shape index (κ1) is 24.5. The van der Waals surface area contributed by atoms with Crippen molar-refractivity contribution in [3.8, 4) is 5.75 Å². The smallest absolute Gasteiger partial charge is 0.257 e. The van der Waals surface area contributed by atoms with Crippen LogP contribution >= 0.6 is 0 Å². The Hall–Kier alpha value is -3.17. The van der Waals surface area contributed by atoms with Gasteiger partial charge >= 0.3 is 0 Å². The van der Waals surface area contributed by atoms with Crippen molar-refractivity contribution in [2.24, 2.45) is 5.92 Å². The molecule has 33 heavy (non-hydrogen) atoms. The van der Waals surface area contributed by atoms with Gasteiger partial charge in [-0.3, -0.25) is 9.59 Å². The summed E-state index contributed by atoms with van der Waals surface area (Å²) in [6.45, 7) is 2.91. The number of nitrogens with zero attached hydrogens (tertiary/aromatic N) is 1. The Bertz CT molecular complexity index is 1060. The van der Waals surface area contributed by atoms with Crippen LogP contribution in [0.25, 0.3) is 6.08 Å². The molecule has 1 aliphatic heterocycles. The van der Waals surface area contributed by atoms with Crippen molar-refractivity contribution < 1.29 is 22.7 Å². The third-order valence-corrected chi connectivity index (χ3v) is 6.85. The summed E-state index contributed by atoms with van der Waals surface area (Å²) in [6, 6.07) is 16.0. The average molecular weight is 472 g/mol. The molecule has 2 amide bonds. The van der Waals surface area contributed by atoms with E-state index >= 15 is 0 Å². The molecule has 0 radical (unpaired) electrons. The molecule has 0 saturated carbocycles. The van der Waals surface area contributed by atoms with Gasteiger partial charge in [0, 0.05) is 36.6 Å². The van der Waals surface area contributed by atoms with Crippen LogP contribution in [0, 0.1) is 5.92 Å². The lowest BCUT2D eigenvalue weighted by molar-refractivity contribution is -0.123. The Morgan fingerprint density at radius 2 is 1.73 bits per heavy atom. The summed E-state index contributed by atoms with van der Waals surface area (Å²) in [5, 5.41) is 6.74. The number of likely N-dealkylation sites (N-methyl/N-ethyl adjacent to an activating group) is 1. The van der Waals surface area contributed by atoms with E-state index in [1.165, 1.54) is 9.71 Å². The van der Waals surface area contributed by atoms with Crippen LogP contribution in [-0.4, -0.2) is 50.8 Å². The first-order valence-electron chi connectivity index (χ1n) is 10.9. The number of ether oxygens (including phenoxy) is 1. The van der Waals surface area contributed by atoms with Crippen molar-refractivity contribution in [1.29, 1.82) is 0 Å². The van der Waals surface area contributed by atoms with Crippen molar-refractivity contribution in [3.05, 3.63) is 65.6 Å². The van der Waals surface area contributed by atoms with Gasteiger partial charge in [-0.25, -0.2) is 8.42 Å². The summed E-state index contributed by atoms with van der Waals surface area (Å²) in [6.07, 6.45) is 2.49. The zero-order valence-corrected chi connectivity index (χ0v) is 19.4. The second kappa shape index (κ2) is 11.6. The molecular weight excluding hydrogens is 442 g/mol. The molecule has 2 N–H and O–H groups in total. The maximum Gasteiger partial charge on any atom is 0.257 e. The number of rotatable bonds is 9. The number of sulfonamides is 1. The molecule has 0 aliphatic carbocycles. The van der Waals surface area contributed by atoms with Crippen molar-refractivity contribution in [2.75, 3.05) is 31.6 Å². The van der Waals surface area contributed by atoms with Gasteiger partial charge < -0.3 is 15.4 Å². The van der Waals surface area contributed by atoms with E-state index in [1.54, 1.807) is 30.3 Å². The predicted molar refractivity (Wildman–Crippen MR) is 128 cm³/mol. The van der Waals surface area contributed by atoms with E-state index in [0.717, 1.165) is 5.56 Å². The molecule has 1 heterocycles. The van der Waals surface area contributed by atoms with Gasteiger partial charge in [-0.2, -0.15) is 4.31 Å². The third kappa shape index (κ3) is 7.44. The number of anilines is 1. The Morgan fingerprint density at radius 1 is 1.06 bits per heavy atom. The molecule has 0 atom stereocenters. The van der Waals surface area contributed by atoms with E-state index < -0.39 is 10.0 Å². The summed E-state index contributed by atoms with van der Waals surface area (Å²) in [4.78, 5) is 24.1. The second-order valence-electron chi connectivity index (χ2n) is 7.69. The Morgan fingerprint density at radius 3 is 2.36 bits per heavy atom. The maximum atomic E-state index is 12.6. The zero-order valence-electron chi connectivity index (χ0n) is 18.6. The normalized spacial score (nSPS) is 15.3. The molecule has 1 aliphatic rings. The van der Waals surface area contributed by atoms with Crippen LogP contribution in [-0.2, 0) is 19.6 Å². The van der Waals surface area contributed by atoms with Crippen molar-refractivity contribution in [3.63, 3.8) is 0 Å². The van der Waals surface area contributed by atoms with Gasteiger partial charge in [0.2, 0.25) is 15.9 Å². The number of amides is 2. The molecule has 1 fully saturated rings. The topological polar surface area (TPSA) is 105 Å². The van der Waals surface area contributed by atoms with Gasteiger partial charge in [0.25, 0.3) is 5.91 Å². The SMILES string of the molecule is CCNC(=O)COc1ccc(NC(=O)C2CCN(S(=O)(=O)/C=C/c3ccccc3)CC2)cc1. The van der Waals surface area contributed by atoms with Gasteiger partial charge in [-0.05, 0) is 55.7 Å². The van der Waals surface area contributed by atoms with Crippen LogP contribution in [0.15, 0.2) is 60.0 Å². The maximum absolute atomic E-state index is 12.6. The summed E-state index contributed by atoms with van der Waals surface area (Å²) in [5.41, 5.74) is 1.43. The molecule has 176 valence electrons. The molecule has 0 bridgehead atoms. The predicted octanol–water partition coefficient (Wildman–Crippen LogP) is 2.85. The fourth-order valence-electron chi connectivity index (χ4n) is 3.46. The standard InChI is InChI=1S/C24H29N3O5S/c1-2-25-23(28)18-32-22-10-8-21(9-11-22)26-24(29)20-12-15-27(16-13-20)33(30,31)17-14-19-6-4-3-5-7-19/h3-11,14,17,20H,2,12-13,15-16,18H2,1H3,(H,25,28)(H,26,29)/b17-14+. The first-order chi connectivity index (χ1) is 15.9. The fourth-order valence-corrected chi connectivity index (χ4v) is 4.68. The summed E-state index contributed by atoms with van der Waals surface area (Å²) < 4.78 is 32.0. The number of nitrogens with one attached hydrogen (secondary N) is 2. The van der Waals surface area contributed by atoms with E-state index in [4.69, 9.17) is 4.74 Å². The van der Waals surface area contributed by atoms with Crippen LogP contribution in [0.3, 0.4) is 0 Å². The average Bonchev–Trinajstić information content (AvgIpc) is 2.83. The van der Waals surface area contributed by atoms with Crippen molar-refractivity contribution in [2.45, 2.75) is 19.8 Å². The van der Waals surface area contributed by atoms with E-state index in [2.05, 4.69) is 10.6 Å². The Kier molecular flexibility index (Phi) is 8.62. The van der Waals surface area contributed by atoms with Crippen LogP contribution in [0.4, 0.5) is 5.69 Å². The number of carbonyl (C=O) groups is 2. The third-order valence-electron chi connectivity index (χ3n) is 5.28. The lowest BCUT2D eigenvalue weighted by atomic mass is 9.97. The highest BCUT2D eigenvalue weighted by Crippen LogP contribution is 2.23. The van der Waals surface area contributed by atoms with Gasteiger partial charge in [-0.15, -0.1) is 0 Å². The quantitative estimate of drug-likeness (QED) is 0.585. The number of carbonyl (C=O) groups excluding carboxylic acids is 2. The lowest BCUT2D eigenvalue weighted by Crippen LogP contribution is -2.40. The fraction of sp³-hybridized carbons (Fsp3) is 0.333. The van der Waals surface area contributed by atoms with Gasteiger partial charge in [-0.1, -0.05) is 30.3 Å². The Labute approximate surface area is 194 Å². The highest BCUT2D eigenvalue weighted by Gasteiger charge is 2.30. The van der Waals surface area contributed by atoms with E-state index in [-0.39, 0.29) is 24.3 Å². The summed E-state index contributed by atoms with van der Waals surface area (Å²) in [5.74, 6) is -0.0637. The molecule has 3 rings (SSSR count). The van der Waals surface area contributed by atoms with Crippen LogP contribution in [0.5, 0.6) is 5.75 Å². The molecule has 2 aromatic carbocycles. The number of piperidine rings is 1. The molecule has 8 nitrogen and oxygen atoms in total. The highest BCUT2D eigenvalue weighted by molar-refractivity contribution is 7.92. The second-order valence-corrected chi connectivity index (χ2v) is 9.51. The van der Waals surface area contributed by atoms with Crippen LogP contribution in [0.2, 0.25) is 0 Å². The number of benzene rings is 2. The van der Waals surface area contributed by atoms with Crippen molar-refractivity contribution >= 4 is 33.6 Å². The molecule has 2 aromatic rings. The number of hydrogen-bond acceptors (Lipinski definition) is 5. The minimum atomic E-state index is -3.53. The molecule has 0 aromatic heterocycles. The number of hydrogen-bond donors (Lipinski definition) is 2. The zero-order chi connectivity index (χ0) is 23.7. The van der Waals surface area contributed by atoms with E-state index in [9.17, 15) is 18.0 Å². The van der Waals surface area contributed by atoms with Gasteiger partial charge in [0.15, 0.2) is 6.61 Å². The molecule has 0 unspecified atom stereocenters. The van der Waals surface area contributed by atoms with Gasteiger partial charge in [0.1, 0.15) is 5.75 Å². The summed E-state index contributed by atoms with van der Waals surface area (Å²) in [7, 11) is -3.53. The van der Waals surface area contributed by atoms with Crippen LogP contribution < -0.4 is 15.4 Å². The molecule has 0 spiro atoms. The van der Waals surface area contributed by atoms with E-state index in [1.807, 2.05) is 37.3 Å². The molecule has 1 saturated heterocycles. The first-order valence-corrected chi connectivity index (χ1v) is 12.4. The highest BCUT2D eigenvalue weighted by atomic mass is 32.2. The minimum absolute atomic E-state index is 0.0679. The monoisotopic (exact) mass is 471 g/mol. The van der Waals surface area contributed by atoms with Crippen molar-refractivity contribution in [1.82, 2.24) is 9.62 Å². The summed E-state index contributed by atoms with van der Waals surface area (Å²) >= 11 is 0. The minimum Gasteiger partial charge on any atom is -0.484 e.